The third-order valence-corrected chi connectivity index (χ3v) is 4.02. The van der Waals surface area contributed by atoms with Gasteiger partial charge in [0.05, 0.1) is 11.6 Å². The molecule has 2 aromatic rings. The number of nitriles is 1. The van der Waals surface area contributed by atoms with Crippen LogP contribution in [0.1, 0.15) is 27.0 Å². The van der Waals surface area contributed by atoms with E-state index in [1.165, 1.54) is 4.90 Å². The highest BCUT2D eigenvalue weighted by atomic mass is 16.4. The van der Waals surface area contributed by atoms with E-state index in [0.29, 0.717) is 17.7 Å². The molecule has 1 N–H and O–H groups in total. The zero-order valence-corrected chi connectivity index (χ0v) is 12.3. The van der Waals surface area contributed by atoms with E-state index >= 15 is 0 Å². The molecule has 1 heterocycles. The average molecular weight is 306 g/mol. The monoisotopic (exact) mass is 306 g/mol. The molecule has 5 heteroatoms. The van der Waals surface area contributed by atoms with Gasteiger partial charge in [-0.3, -0.25) is 4.79 Å². The molecule has 0 spiro atoms. The van der Waals surface area contributed by atoms with Crippen LogP contribution < -0.4 is 0 Å². The van der Waals surface area contributed by atoms with Gasteiger partial charge in [-0.15, -0.1) is 0 Å². The summed E-state index contributed by atoms with van der Waals surface area (Å²) < 4.78 is 0. The largest absolute Gasteiger partial charge is 0.480 e. The highest BCUT2D eigenvalue weighted by Gasteiger charge is 2.36. The van der Waals surface area contributed by atoms with Gasteiger partial charge in [-0.2, -0.15) is 5.26 Å². The molecule has 2 aromatic carbocycles. The Morgan fingerprint density at radius 3 is 2.52 bits per heavy atom. The second kappa shape index (κ2) is 5.93. The maximum Gasteiger partial charge on any atom is 0.326 e. The van der Waals surface area contributed by atoms with Crippen molar-refractivity contribution in [2.24, 2.45) is 0 Å². The van der Waals surface area contributed by atoms with Crippen molar-refractivity contribution in [1.82, 2.24) is 4.90 Å². The zero-order chi connectivity index (χ0) is 16.4. The Morgan fingerprint density at radius 1 is 1.22 bits per heavy atom. The molecule has 23 heavy (non-hydrogen) atoms. The minimum absolute atomic E-state index is 0.209. The Kier molecular flexibility index (Phi) is 3.82. The number of carboxylic acid groups (broad SMARTS) is 1. The second-order valence-electron chi connectivity index (χ2n) is 5.46. The Bertz CT molecular complexity index is 806. The Labute approximate surface area is 133 Å². The number of aliphatic carboxylic acids is 1. The molecule has 1 amide bonds. The van der Waals surface area contributed by atoms with Crippen LogP contribution in [0.4, 0.5) is 0 Å². The molecule has 1 aliphatic heterocycles. The Hall–Kier alpha value is -3.13. The molecule has 0 saturated heterocycles. The Morgan fingerprint density at radius 2 is 1.91 bits per heavy atom. The molecule has 0 unspecified atom stereocenters. The van der Waals surface area contributed by atoms with Crippen LogP contribution in [-0.2, 0) is 17.8 Å². The fourth-order valence-corrected chi connectivity index (χ4v) is 2.80. The summed E-state index contributed by atoms with van der Waals surface area (Å²) in [5, 5.41) is 18.4. The lowest BCUT2D eigenvalue weighted by Crippen LogP contribution is -2.42. The normalized spacial score (nSPS) is 14.2. The molecule has 5 nitrogen and oxygen atoms in total. The first-order chi connectivity index (χ1) is 11.1. The van der Waals surface area contributed by atoms with Crippen molar-refractivity contribution in [3.8, 4) is 6.07 Å². The highest BCUT2D eigenvalue weighted by Crippen LogP contribution is 2.25. The van der Waals surface area contributed by atoms with E-state index < -0.39 is 12.0 Å². The quantitative estimate of drug-likeness (QED) is 0.939. The van der Waals surface area contributed by atoms with Gasteiger partial charge in [0.1, 0.15) is 6.04 Å². The van der Waals surface area contributed by atoms with Crippen molar-refractivity contribution in [3.63, 3.8) is 0 Å². The van der Waals surface area contributed by atoms with Crippen LogP contribution in [0.2, 0.25) is 0 Å². The number of carboxylic acids is 1. The predicted octanol–water partition coefficient (Wildman–Crippen LogP) is 2.21. The molecule has 114 valence electrons. The molecule has 0 saturated carbocycles. The van der Waals surface area contributed by atoms with Crippen molar-refractivity contribution < 1.29 is 14.7 Å². The van der Waals surface area contributed by atoms with Crippen molar-refractivity contribution in [2.45, 2.75) is 19.0 Å². The fourth-order valence-electron chi connectivity index (χ4n) is 2.80. The molecule has 0 radical (unpaired) electrons. The van der Waals surface area contributed by atoms with Gasteiger partial charge in [-0.05, 0) is 29.3 Å². The van der Waals surface area contributed by atoms with Gasteiger partial charge in [0, 0.05) is 18.5 Å². The van der Waals surface area contributed by atoms with Crippen molar-refractivity contribution in [2.75, 3.05) is 0 Å². The van der Waals surface area contributed by atoms with Gasteiger partial charge in [0.15, 0.2) is 0 Å². The lowest BCUT2D eigenvalue weighted by molar-refractivity contribution is -0.142. The standard InChI is InChI=1S/C18H14N2O3/c19-10-13-7-5-12(6-8-13)9-16(18(22)23)20-11-14-3-1-2-4-15(14)17(20)21/h1-8,16H,9,11H2,(H,22,23)/t16-/m1/s1. The summed E-state index contributed by atoms with van der Waals surface area (Å²) >= 11 is 0. The van der Waals surface area contributed by atoms with Crippen molar-refractivity contribution >= 4 is 11.9 Å². The van der Waals surface area contributed by atoms with E-state index in [1.807, 2.05) is 18.2 Å². The van der Waals surface area contributed by atoms with Crippen LogP contribution in [0, 0.1) is 11.3 Å². The maximum atomic E-state index is 12.5. The summed E-state index contributed by atoms with van der Waals surface area (Å²) in [5.41, 5.74) is 2.72. The molecule has 0 aliphatic carbocycles. The topological polar surface area (TPSA) is 81.4 Å². The van der Waals surface area contributed by atoms with Gasteiger partial charge in [0.2, 0.25) is 0 Å². The summed E-state index contributed by atoms with van der Waals surface area (Å²) in [6.07, 6.45) is 0.209. The summed E-state index contributed by atoms with van der Waals surface area (Å²) in [4.78, 5) is 25.5. The lowest BCUT2D eigenvalue weighted by Gasteiger charge is -2.24. The van der Waals surface area contributed by atoms with E-state index in [0.717, 1.165) is 11.1 Å². The molecule has 1 aliphatic rings. The minimum Gasteiger partial charge on any atom is -0.480 e. The summed E-state index contributed by atoms with van der Waals surface area (Å²) in [6, 6.07) is 15.0. The first-order valence-corrected chi connectivity index (χ1v) is 7.21. The number of carbonyl (C=O) groups excluding carboxylic acids is 1. The van der Waals surface area contributed by atoms with Crippen LogP contribution in [-0.4, -0.2) is 27.9 Å². The first-order valence-electron chi connectivity index (χ1n) is 7.21. The number of hydrogen-bond acceptors (Lipinski definition) is 3. The lowest BCUT2D eigenvalue weighted by atomic mass is 10.0. The first kappa shape index (κ1) is 14.8. The smallest absolute Gasteiger partial charge is 0.326 e. The maximum absolute atomic E-state index is 12.5. The summed E-state index contributed by atoms with van der Waals surface area (Å²) in [7, 11) is 0. The number of hydrogen-bond donors (Lipinski definition) is 1. The summed E-state index contributed by atoms with van der Waals surface area (Å²) in [5.74, 6) is -1.28. The Balaban J connectivity index is 1.84. The molecular weight excluding hydrogens is 292 g/mol. The zero-order valence-electron chi connectivity index (χ0n) is 12.3. The van der Waals surface area contributed by atoms with E-state index in [4.69, 9.17) is 5.26 Å². The van der Waals surface area contributed by atoms with Crippen molar-refractivity contribution in [1.29, 1.82) is 5.26 Å². The third-order valence-electron chi connectivity index (χ3n) is 4.02. The molecular formula is C18H14N2O3. The van der Waals surface area contributed by atoms with Crippen LogP contribution in [0.25, 0.3) is 0 Å². The van der Waals surface area contributed by atoms with Gasteiger partial charge in [0.25, 0.3) is 5.91 Å². The van der Waals surface area contributed by atoms with E-state index in [9.17, 15) is 14.7 Å². The second-order valence-corrected chi connectivity index (χ2v) is 5.46. The number of carbonyl (C=O) groups is 2. The molecule has 0 fully saturated rings. The SMILES string of the molecule is N#Cc1ccc(C[C@H](C(=O)O)N2Cc3ccccc3C2=O)cc1. The highest BCUT2D eigenvalue weighted by molar-refractivity contribution is 6.00. The number of fused-ring (bicyclic) bond motifs is 1. The van der Waals surface area contributed by atoms with Crippen LogP contribution >= 0.6 is 0 Å². The van der Waals surface area contributed by atoms with Gasteiger partial charge < -0.3 is 10.0 Å². The number of benzene rings is 2. The predicted molar refractivity (Wildman–Crippen MR) is 82.6 cm³/mol. The van der Waals surface area contributed by atoms with E-state index in [-0.39, 0.29) is 12.3 Å². The molecule has 0 bridgehead atoms. The van der Waals surface area contributed by atoms with Gasteiger partial charge >= 0.3 is 5.97 Å². The average Bonchev–Trinajstić information content (AvgIpc) is 2.90. The van der Waals surface area contributed by atoms with Gasteiger partial charge in [-0.25, -0.2) is 4.79 Å². The minimum atomic E-state index is -1.03. The number of nitrogens with zero attached hydrogens (tertiary/aromatic N) is 2. The van der Waals surface area contributed by atoms with E-state index in [2.05, 4.69) is 0 Å². The van der Waals surface area contributed by atoms with Crippen LogP contribution in [0.15, 0.2) is 48.5 Å². The fraction of sp³-hybridized carbons (Fsp3) is 0.167. The van der Waals surface area contributed by atoms with E-state index in [1.54, 1.807) is 36.4 Å². The summed E-state index contributed by atoms with van der Waals surface area (Å²) in [6.45, 7) is 0.308. The number of rotatable bonds is 4. The molecule has 0 aromatic heterocycles. The van der Waals surface area contributed by atoms with Crippen molar-refractivity contribution in [3.05, 3.63) is 70.8 Å². The third kappa shape index (κ3) is 2.79. The molecule has 3 rings (SSSR count). The molecule has 1 atom stereocenters. The number of amides is 1. The van der Waals surface area contributed by atoms with Crippen LogP contribution in [0.3, 0.4) is 0 Å². The van der Waals surface area contributed by atoms with Gasteiger partial charge in [-0.1, -0.05) is 30.3 Å². The van der Waals surface area contributed by atoms with Crippen LogP contribution in [0.5, 0.6) is 0 Å².